The van der Waals surface area contributed by atoms with Crippen molar-refractivity contribution < 1.29 is 18.8 Å². The first kappa shape index (κ1) is 23.3. The molecule has 3 aromatic rings. The average Bonchev–Trinajstić information content (AvgIpc) is 3.44. The zero-order valence-corrected chi connectivity index (χ0v) is 19.7. The molecule has 1 aliphatic heterocycles. The summed E-state index contributed by atoms with van der Waals surface area (Å²) in [6.07, 6.45) is 3.04. The van der Waals surface area contributed by atoms with Crippen molar-refractivity contribution in [2.45, 2.75) is 51.8 Å². The van der Waals surface area contributed by atoms with E-state index in [1.807, 2.05) is 62.0 Å². The number of rotatable bonds is 5. The molecule has 2 aromatic heterocycles. The summed E-state index contributed by atoms with van der Waals surface area (Å²) in [5.41, 5.74) is 7.33. The van der Waals surface area contributed by atoms with Crippen LogP contribution in [0.2, 0.25) is 0 Å². The van der Waals surface area contributed by atoms with Crippen molar-refractivity contribution in [3.63, 3.8) is 0 Å². The Hall–Kier alpha value is -3.82. The summed E-state index contributed by atoms with van der Waals surface area (Å²) in [4.78, 5) is 26.9. The molecule has 0 aliphatic carbocycles. The number of anilines is 1. The molecule has 3 N–H and O–H groups in total. The van der Waals surface area contributed by atoms with E-state index in [0.29, 0.717) is 31.0 Å². The van der Waals surface area contributed by atoms with Gasteiger partial charge in [0.15, 0.2) is 0 Å². The molecule has 0 atom stereocenters. The van der Waals surface area contributed by atoms with E-state index < -0.39 is 5.60 Å². The maximum atomic E-state index is 12.8. The topological polar surface area (TPSA) is 129 Å². The number of carbonyl (C=O) groups excluding carboxylic acids is 2. The van der Waals surface area contributed by atoms with E-state index >= 15 is 0 Å². The van der Waals surface area contributed by atoms with Crippen LogP contribution in [0.15, 0.2) is 47.1 Å². The van der Waals surface area contributed by atoms with Crippen molar-refractivity contribution in [3.05, 3.63) is 53.7 Å². The highest BCUT2D eigenvalue weighted by atomic mass is 16.6. The zero-order chi connectivity index (χ0) is 24.3. The van der Waals surface area contributed by atoms with Crippen LogP contribution >= 0.6 is 0 Å². The average molecular weight is 467 g/mol. The number of benzene rings is 1. The zero-order valence-electron chi connectivity index (χ0n) is 19.7. The molecule has 1 saturated heterocycles. The van der Waals surface area contributed by atoms with Gasteiger partial charge in [0.25, 0.3) is 5.91 Å². The summed E-state index contributed by atoms with van der Waals surface area (Å²) in [7, 11) is 0. The summed E-state index contributed by atoms with van der Waals surface area (Å²) >= 11 is 0. The van der Waals surface area contributed by atoms with Crippen molar-refractivity contribution >= 4 is 17.9 Å². The Morgan fingerprint density at radius 3 is 2.56 bits per heavy atom. The minimum atomic E-state index is -0.519. The molecule has 3 heterocycles. The normalized spacial score (nSPS) is 14.7. The summed E-state index contributed by atoms with van der Waals surface area (Å²) in [5.74, 6) is -0.432. The van der Waals surface area contributed by atoms with Crippen molar-refractivity contribution in [1.82, 2.24) is 25.2 Å². The van der Waals surface area contributed by atoms with E-state index in [2.05, 4.69) is 15.6 Å². The molecule has 1 aromatic carbocycles. The molecule has 0 radical (unpaired) electrons. The maximum absolute atomic E-state index is 12.8. The Balaban J connectivity index is 1.41. The third-order valence-electron chi connectivity index (χ3n) is 5.58. The highest BCUT2D eigenvalue weighted by molar-refractivity contribution is 6.03. The lowest BCUT2D eigenvalue weighted by Crippen LogP contribution is -2.42. The quantitative estimate of drug-likeness (QED) is 0.587. The smallest absolute Gasteiger partial charge is 0.410 e. The Morgan fingerprint density at radius 1 is 1.18 bits per heavy atom. The van der Waals surface area contributed by atoms with Gasteiger partial charge >= 0.3 is 6.09 Å². The van der Waals surface area contributed by atoms with Gasteiger partial charge in [-0.3, -0.25) is 9.48 Å². The summed E-state index contributed by atoms with van der Waals surface area (Å²) in [5, 5.41) is 11.5. The van der Waals surface area contributed by atoms with E-state index in [1.54, 1.807) is 11.0 Å². The number of likely N-dealkylation sites (tertiary alicyclic amines) is 1. The van der Waals surface area contributed by atoms with Crippen molar-refractivity contribution in [1.29, 1.82) is 0 Å². The summed E-state index contributed by atoms with van der Waals surface area (Å²) in [6.45, 7) is 7.09. The lowest BCUT2D eigenvalue weighted by atomic mass is 10.1. The molecule has 1 aliphatic rings. The Labute approximate surface area is 198 Å². The molecule has 0 unspecified atom stereocenters. The molecular weight excluding hydrogens is 436 g/mol. The number of carbonyl (C=O) groups is 2. The highest BCUT2D eigenvalue weighted by Crippen LogP contribution is 2.29. The summed E-state index contributed by atoms with van der Waals surface area (Å²) < 4.78 is 12.4. The SMILES string of the molecule is CC(C)(C)OC(=O)N1CCC(n2ccc(-c3noc(N)c3C(=O)NCc3ccccc3)n2)CC1. The van der Waals surface area contributed by atoms with Crippen LogP contribution in [0.4, 0.5) is 10.7 Å². The molecule has 0 bridgehead atoms. The molecule has 34 heavy (non-hydrogen) atoms. The van der Waals surface area contributed by atoms with Crippen molar-refractivity contribution in [3.8, 4) is 11.4 Å². The van der Waals surface area contributed by atoms with Gasteiger partial charge in [-0.15, -0.1) is 0 Å². The lowest BCUT2D eigenvalue weighted by Gasteiger charge is -2.33. The molecule has 10 nitrogen and oxygen atoms in total. The van der Waals surface area contributed by atoms with Crippen LogP contribution in [0, 0.1) is 0 Å². The van der Waals surface area contributed by atoms with Crippen LogP contribution in [0.25, 0.3) is 11.4 Å². The Kier molecular flexibility index (Phi) is 6.58. The van der Waals surface area contributed by atoms with Gasteiger partial charge in [-0.25, -0.2) is 4.79 Å². The molecule has 1 fully saturated rings. The van der Waals surface area contributed by atoms with Gasteiger partial charge in [-0.2, -0.15) is 5.10 Å². The van der Waals surface area contributed by atoms with Gasteiger partial charge in [0.05, 0.1) is 6.04 Å². The minimum absolute atomic E-state index is 0.0548. The lowest BCUT2D eigenvalue weighted by molar-refractivity contribution is 0.0184. The number of nitrogens with one attached hydrogen (secondary N) is 1. The fourth-order valence-corrected chi connectivity index (χ4v) is 3.87. The van der Waals surface area contributed by atoms with Crippen LogP contribution in [-0.4, -0.2) is 50.5 Å². The monoisotopic (exact) mass is 466 g/mol. The molecule has 0 spiro atoms. The minimum Gasteiger partial charge on any atom is -0.444 e. The first-order valence-electron chi connectivity index (χ1n) is 11.3. The van der Waals surface area contributed by atoms with E-state index in [1.165, 1.54) is 0 Å². The molecule has 0 saturated carbocycles. The molecule has 180 valence electrons. The molecule has 10 heteroatoms. The Bertz CT molecular complexity index is 1140. The fraction of sp³-hybridized carbons (Fsp3) is 0.417. The number of nitrogen functional groups attached to an aromatic ring is 1. The van der Waals surface area contributed by atoms with Crippen LogP contribution in [0.1, 0.15) is 55.6 Å². The standard InChI is InChI=1S/C24H30N6O4/c1-24(2,3)33-23(32)29-12-9-17(10-13-29)30-14-11-18(27-30)20-19(21(25)34-28-20)22(31)26-15-16-7-5-4-6-8-16/h4-8,11,14,17H,9-10,12-13,15,25H2,1-3H3,(H,26,31). The van der Waals surface area contributed by atoms with Crippen LogP contribution in [-0.2, 0) is 11.3 Å². The molecular formula is C24H30N6O4. The van der Waals surface area contributed by atoms with Gasteiger partial charge in [0.1, 0.15) is 22.6 Å². The van der Waals surface area contributed by atoms with E-state index in [4.69, 9.17) is 15.0 Å². The highest BCUT2D eigenvalue weighted by Gasteiger charge is 2.29. The van der Waals surface area contributed by atoms with Gasteiger partial charge in [-0.05, 0) is 45.2 Å². The molecule has 2 amide bonds. The van der Waals surface area contributed by atoms with Crippen LogP contribution < -0.4 is 11.1 Å². The number of hydrogen-bond acceptors (Lipinski definition) is 7. The second-order valence-electron chi connectivity index (χ2n) is 9.32. The van der Waals surface area contributed by atoms with E-state index in [9.17, 15) is 9.59 Å². The second-order valence-corrected chi connectivity index (χ2v) is 9.32. The number of hydrogen-bond donors (Lipinski definition) is 2. The van der Waals surface area contributed by atoms with E-state index in [0.717, 1.165) is 18.4 Å². The number of amides is 2. The van der Waals surface area contributed by atoms with E-state index in [-0.39, 0.29) is 29.5 Å². The number of piperidine rings is 1. The summed E-state index contributed by atoms with van der Waals surface area (Å²) in [6, 6.07) is 11.5. The van der Waals surface area contributed by atoms with Gasteiger partial charge in [0.2, 0.25) is 5.88 Å². The first-order chi connectivity index (χ1) is 16.2. The Morgan fingerprint density at radius 2 is 1.88 bits per heavy atom. The largest absolute Gasteiger partial charge is 0.444 e. The van der Waals surface area contributed by atoms with Crippen molar-refractivity contribution in [2.24, 2.45) is 0 Å². The van der Waals surface area contributed by atoms with Gasteiger partial charge < -0.3 is 25.2 Å². The predicted octanol–water partition coefficient (Wildman–Crippen LogP) is 3.62. The van der Waals surface area contributed by atoms with Gasteiger partial charge in [0, 0.05) is 25.8 Å². The fourth-order valence-electron chi connectivity index (χ4n) is 3.87. The van der Waals surface area contributed by atoms with Gasteiger partial charge in [-0.1, -0.05) is 35.5 Å². The third kappa shape index (κ3) is 5.38. The number of nitrogens with zero attached hydrogens (tertiary/aromatic N) is 4. The third-order valence-corrected chi connectivity index (χ3v) is 5.58. The van der Waals surface area contributed by atoms with Crippen molar-refractivity contribution in [2.75, 3.05) is 18.8 Å². The number of nitrogens with two attached hydrogens (primary N) is 1. The first-order valence-corrected chi connectivity index (χ1v) is 11.3. The number of ether oxygens (including phenoxy) is 1. The number of aromatic nitrogens is 3. The van der Waals surface area contributed by atoms with Crippen LogP contribution in [0.5, 0.6) is 0 Å². The van der Waals surface area contributed by atoms with Crippen LogP contribution in [0.3, 0.4) is 0 Å². The molecule has 4 rings (SSSR count). The predicted molar refractivity (Wildman–Crippen MR) is 126 cm³/mol. The maximum Gasteiger partial charge on any atom is 0.410 e. The second kappa shape index (κ2) is 9.58.